The summed E-state index contributed by atoms with van der Waals surface area (Å²) in [6.45, 7) is 5.20. The van der Waals surface area contributed by atoms with Gasteiger partial charge < -0.3 is 4.90 Å². The van der Waals surface area contributed by atoms with E-state index in [0.29, 0.717) is 19.5 Å². The van der Waals surface area contributed by atoms with Crippen molar-refractivity contribution in [1.29, 1.82) is 0 Å². The highest BCUT2D eigenvalue weighted by Crippen LogP contribution is 2.27. The first kappa shape index (κ1) is 14.4. The van der Waals surface area contributed by atoms with Crippen molar-refractivity contribution in [3.05, 3.63) is 0 Å². The van der Waals surface area contributed by atoms with Gasteiger partial charge in [-0.25, -0.2) is 0 Å². The number of carbonyl (C=O) groups excluding carboxylic acids is 3. The number of carbonyl (C=O) groups is 3. The van der Waals surface area contributed by atoms with Crippen LogP contribution in [0.3, 0.4) is 0 Å². The van der Waals surface area contributed by atoms with Gasteiger partial charge in [0.05, 0.1) is 11.8 Å². The molecule has 0 spiro atoms. The highest BCUT2D eigenvalue weighted by atomic mass is 32.2. The van der Waals surface area contributed by atoms with Crippen molar-refractivity contribution in [2.75, 3.05) is 18.8 Å². The van der Waals surface area contributed by atoms with Crippen molar-refractivity contribution in [3.8, 4) is 0 Å². The average molecular weight is 284 g/mol. The molecule has 0 aliphatic carbocycles. The van der Waals surface area contributed by atoms with Crippen LogP contribution in [-0.2, 0) is 9.59 Å². The smallest absolute Gasteiger partial charge is 0.289 e. The Morgan fingerprint density at radius 2 is 2.05 bits per heavy atom. The molecule has 6 heteroatoms. The molecule has 1 unspecified atom stereocenters. The fraction of sp³-hybridized carbons (Fsp3) is 0.769. The third-order valence-corrected chi connectivity index (χ3v) is 4.79. The molecule has 2 rings (SSSR count). The van der Waals surface area contributed by atoms with Crippen LogP contribution in [0.2, 0.25) is 0 Å². The molecule has 0 aromatic carbocycles. The fourth-order valence-corrected chi connectivity index (χ4v) is 3.54. The third kappa shape index (κ3) is 2.78. The molecule has 106 valence electrons. The minimum Gasteiger partial charge on any atom is -0.340 e. The lowest BCUT2D eigenvalue weighted by molar-refractivity contribution is -0.135. The van der Waals surface area contributed by atoms with Crippen LogP contribution >= 0.6 is 11.8 Å². The van der Waals surface area contributed by atoms with E-state index in [2.05, 4.69) is 0 Å². The zero-order valence-corrected chi connectivity index (χ0v) is 12.2. The van der Waals surface area contributed by atoms with E-state index in [4.69, 9.17) is 0 Å². The molecule has 0 aromatic heterocycles. The Hall–Kier alpha value is -1.04. The second-order valence-electron chi connectivity index (χ2n) is 5.06. The maximum Gasteiger partial charge on any atom is 0.289 e. The van der Waals surface area contributed by atoms with Gasteiger partial charge in [-0.2, -0.15) is 0 Å². The van der Waals surface area contributed by atoms with E-state index in [0.717, 1.165) is 24.6 Å². The molecular formula is C13H20N2O3S. The van der Waals surface area contributed by atoms with Crippen molar-refractivity contribution < 1.29 is 14.4 Å². The summed E-state index contributed by atoms with van der Waals surface area (Å²) >= 11 is 1.06. The van der Waals surface area contributed by atoms with Gasteiger partial charge in [0.15, 0.2) is 0 Å². The number of nitrogens with zero attached hydrogens (tertiary/aromatic N) is 2. The number of amides is 3. The van der Waals surface area contributed by atoms with Crippen LogP contribution in [0.1, 0.15) is 33.1 Å². The number of thioether (sulfide) groups is 1. The molecule has 0 aromatic rings. The second kappa shape index (κ2) is 5.94. The lowest BCUT2D eigenvalue weighted by Gasteiger charge is -2.24. The normalized spacial score (nSPS) is 23.8. The zero-order chi connectivity index (χ0) is 14.0. The van der Waals surface area contributed by atoms with E-state index in [1.54, 1.807) is 0 Å². The molecule has 0 N–H and O–H groups in total. The monoisotopic (exact) mass is 284 g/mol. The van der Waals surface area contributed by atoms with E-state index in [-0.39, 0.29) is 34.8 Å². The minimum atomic E-state index is -0.160. The highest BCUT2D eigenvalue weighted by Gasteiger charge is 2.40. The van der Waals surface area contributed by atoms with Crippen molar-refractivity contribution >= 4 is 28.8 Å². The Kier molecular flexibility index (Phi) is 4.50. The Bertz CT molecular complexity index is 379. The number of hydrogen-bond donors (Lipinski definition) is 0. The molecule has 2 aliphatic rings. The molecule has 19 heavy (non-hydrogen) atoms. The van der Waals surface area contributed by atoms with E-state index in [9.17, 15) is 14.4 Å². The lowest BCUT2D eigenvalue weighted by atomic mass is 10.0. The largest absolute Gasteiger partial charge is 0.340 e. The van der Waals surface area contributed by atoms with Gasteiger partial charge in [-0.3, -0.25) is 19.3 Å². The molecule has 2 fully saturated rings. The van der Waals surface area contributed by atoms with Gasteiger partial charge in [0, 0.05) is 19.0 Å². The Morgan fingerprint density at radius 3 is 2.58 bits per heavy atom. The fourth-order valence-electron chi connectivity index (χ4n) is 2.77. The molecule has 3 amide bonds. The van der Waals surface area contributed by atoms with Crippen LogP contribution in [0, 0.1) is 5.92 Å². The van der Waals surface area contributed by atoms with Gasteiger partial charge in [0.25, 0.3) is 5.24 Å². The van der Waals surface area contributed by atoms with Gasteiger partial charge >= 0.3 is 0 Å². The predicted molar refractivity (Wildman–Crippen MR) is 73.8 cm³/mol. The molecule has 1 atom stereocenters. The highest BCUT2D eigenvalue weighted by molar-refractivity contribution is 8.14. The topological polar surface area (TPSA) is 57.7 Å². The summed E-state index contributed by atoms with van der Waals surface area (Å²) in [5, 5.41) is -0.160. The summed E-state index contributed by atoms with van der Waals surface area (Å²) in [5.74, 6) is 0.365. The van der Waals surface area contributed by atoms with Crippen LogP contribution < -0.4 is 0 Å². The summed E-state index contributed by atoms with van der Waals surface area (Å²) in [4.78, 5) is 38.8. The van der Waals surface area contributed by atoms with Crippen LogP contribution in [0.15, 0.2) is 0 Å². The van der Waals surface area contributed by atoms with Crippen molar-refractivity contribution in [2.45, 2.75) is 39.2 Å². The second-order valence-corrected chi connectivity index (χ2v) is 5.99. The molecule has 5 nitrogen and oxygen atoms in total. The third-order valence-electron chi connectivity index (χ3n) is 3.96. The van der Waals surface area contributed by atoms with Crippen LogP contribution in [0.5, 0.6) is 0 Å². The zero-order valence-electron chi connectivity index (χ0n) is 11.4. The van der Waals surface area contributed by atoms with E-state index in [1.807, 2.05) is 18.7 Å². The molecular weight excluding hydrogens is 264 g/mol. The van der Waals surface area contributed by atoms with Gasteiger partial charge in [0.1, 0.15) is 0 Å². The summed E-state index contributed by atoms with van der Waals surface area (Å²) in [7, 11) is 0. The van der Waals surface area contributed by atoms with Crippen LogP contribution in [0.4, 0.5) is 4.79 Å². The molecule has 2 aliphatic heterocycles. The van der Waals surface area contributed by atoms with E-state index in [1.165, 1.54) is 4.90 Å². The quantitative estimate of drug-likeness (QED) is 0.788. The lowest BCUT2D eigenvalue weighted by Crippen LogP contribution is -2.42. The predicted octanol–water partition coefficient (Wildman–Crippen LogP) is 1.72. The number of rotatable bonds is 4. The maximum absolute atomic E-state index is 12.3. The van der Waals surface area contributed by atoms with Gasteiger partial charge in [0.2, 0.25) is 11.8 Å². The molecule has 2 saturated heterocycles. The molecule has 0 bridgehead atoms. The summed E-state index contributed by atoms with van der Waals surface area (Å²) in [6, 6.07) is -0.117. The van der Waals surface area contributed by atoms with Gasteiger partial charge in [-0.1, -0.05) is 25.6 Å². The van der Waals surface area contributed by atoms with E-state index >= 15 is 0 Å². The number of likely N-dealkylation sites (tertiary alicyclic amines) is 1. The first-order valence-corrected chi connectivity index (χ1v) is 7.84. The Morgan fingerprint density at radius 1 is 1.37 bits per heavy atom. The van der Waals surface area contributed by atoms with Crippen molar-refractivity contribution in [3.63, 3.8) is 0 Å². The standard InChI is InChI=1S/C13H20N2O3S/c1-3-9(4-2)12(17)14-6-5-10(7-14)15-11(16)8-19-13(15)18/h9-10H,3-8H2,1-2H3. The van der Waals surface area contributed by atoms with Crippen LogP contribution in [0.25, 0.3) is 0 Å². The Balaban J connectivity index is 1.98. The van der Waals surface area contributed by atoms with Gasteiger partial charge in [-0.05, 0) is 19.3 Å². The maximum atomic E-state index is 12.3. The average Bonchev–Trinajstić information content (AvgIpc) is 2.98. The molecule has 0 radical (unpaired) electrons. The first-order chi connectivity index (χ1) is 9.08. The minimum absolute atomic E-state index is 0.0677. The molecule has 2 heterocycles. The van der Waals surface area contributed by atoms with Gasteiger partial charge in [-0.15, -0.1) is 0 Å². The van der Waals surface area contributed by atoms with Crippen molar-refractivity contribution in [1.82, 2.24) is 9.80 Å². The Labute approximate surface area is 117 Å². The van der Waals surface area contributed by atoms with Crippen LogP contribution in [-0.4, -0.2) is 51.7 Å². The SMILES string of the molecule is CCC(CC)C(=O)N1CCC(N2C(=O)CSC2=O)C1. The summed E-state index contributed by atoms with van der Waals surface area (Å²) < 4.78 is 0. The van der Waals surface area contributed by atoms with E-state index < -0.39 is 0 Å². The summed E-state index contributed by atoms with van der Waals surface area (Å²) in [6.07, 6.45) is 2.39. The number of imide groups is 1. The first-order valence-electron chi connectivity index (χ1n) is 6.86. The number of hydrogen-bond acceptors (Lipinski definition) is 4. The summed E-state index contributed by atoms with van der Waals surface area (Å²) in [5.41, 5.74) is 0. The molecule has 0 saturated carbocycles. The van der Waals surface area contributed by atoms with Crippen molar-refractivity contribution in [2.24, 2.45) is 5.92 Å².